The van der Waals surface area contributed by atoms with Gasteiger partial charge < -0.3 is 5.73 Å². The van der Waals surface area contributed by atoms with Crippen LogP contribution in [0.5, 0.6) is 0 Å². The van der Waals surface area contributed by atoms with Crippen molar-refractivity contribution in [3.05, 3.63) is 41.6 Å². The van der Waals surface area contributed by atoms with Crippen molar-refractivity contribution >= 4 is 5.82 Å². The van der Waals surface area contributed by atoms with E-state index in [4.69, 9.17) is 10.7 Å². The predicted octanol–water partition coefficient (Wildman–Crippen LogP) is 3.90. The van der Waals surface area contributed by atoms with Gasteiger partial charge in [0, 0.05) is 17.0 Å². The molecule has 1 saturated carbocycles. The number of aromatic nitrogens is 2. The average Bonchev–Trinajstić information content (AvgIpc) is 3.21. The van der Waals surface area contributed by atoms with E-state index in [-0.39, 0.29) is 5.41 Å². The molecular formula is C17H21N3. The Hall–Kier alpha value is -1.90. The maximum absolute atomic E-state index is 5.95. The monoisotopic (exact) mass is 267 g/mol. The van der Waals surface area contributed by atoms with Crippen LogP contribution in [0.2, 0.25) is 0 Å². The molecule has 0 aliphatic heterocycles. The van der Waals surface area contributed by atoms with E-state index in [0.29, 0.717) is 5.82 Å². The average molecular weight is 267 g/mol. The summed E-state index contributed by atoms with van der Waals surface area (Å²) in [4.78, 5) is 9.11. The van der Waals surface area contributed by atoms with Gasteiger partial charge in [-0.25, -0.2) is 9.97 Å². The van der Waals surface area contributed by atoms with E-state index in [9.17, 15) is 0 Å². The summed E-state index contributed by atoms with van der Waals surface area (Å²) in [6, 6.07) is 10.4. The number of anilines is 1. The molecule has 0 spiro atoms. The third kappa shape index (κ3) is 2.67. The minimum atomic E-state index is -0.0279. The Labute approximate surface area is 120 Å². The number of nitrogens with two attached hydrogens (primary N) is 1. The van der Waals surface area contributed by atoms with Crippen LogP contribution in [0.25, 0.3) is 11.4 Å². The molecule has 1 aromatic carbocycles. The Morgan fingerprint density at radius 1 is 1.10 bits per heavy atom. The van der Waals surface area contributed by atoms with E-state index in [0.717, 1.165) is 23.0 Å². The summed E-state index contributed by atoms with van der Waals surface area (Å²) < 4.78 is 0. The fraction of sp³-hybridized carbons (Fsp3) is 0.412. The van der Waals surface area contributed by atoms with Gasteiger partial charge in [-0.15, -0.1) is 0 Å². The lowest BCUT2D eigenvalue weighted by Gasteiger charge is -2.18. The molecule has 1 heterocycles. The Morgan fingerprint density at radius 3 is 2.50 bits per heavy atom. The number of nitrogens with zero attached hydrogens (tertiary/aromatic N) is 2. The lowest BCUT2D eigenvalue weighted by molar-refractivity contribution is 0.568. The number of benzene rings is 1. The maximum Gasteiger partial charge on any atom is 0.161 e. The second-order valence-electron chi connectivity index (χ2n) is 6.65. The molecule has 0 amide bonds. The van der Waals surface area contributed by atoms with Crippen LogP contribution in [0.4, 0.5) is 5.82 Å². The molecule has 1 aliphatic carbocycles. The molecule has 2 N–H and O–H groups in total. The Bertz CT molecular complexity index is 637. The molecule has 3 rings (SSSR count). The van der Waals surface area contributed by atoms with Crippen LogP contribution in [0, 0.1) is 0 Å². The maximum atomic E-state index is 5.95. The van der Waals surface area contributed by atoms with Crippen LogP contribution in [0.3, 0.4) is 0 Å². The van der Waals surface area contributed by atoms with Gasteiger partial charge in [-0.1, -0.05) is 39.0 Å². The van der Waals surface area contributed by atoms with Crippen molar-refractivity contribution in [1.82, 2.24) is 9.97 Å². The van der Waals surface area contributed by atoms with E-state index >= 15 is 0 Å². The van der Waals surface area contributed by atoms with Crippen LogP contribution in [-0.2, 0) is 5.41 Å². The van der Waals surface area contributed by atoms with Gasteiger partial charge in [0.2, 0.25) is 0 Å². The summed E-state index contributed by atoms with van der Waals surface area (Å²) in [5, 5.41) is 0. The normalized spacial score (nSPS) is 15.3. The number of hydrogen-bond acceptors (Lipinski definition) is 3. The standard InChI is InChI=1S/C17H21N3/c1-17(2,3)14-10-15(18)20-16(19-14)13-6-4-5-12(9-13)11-7-8-11/h4-6,9-11H,7-8H2,1-3H3,(H2,18,19,20). The molecule has 0 radical (unpaired) electrons. The highest BCUT2D eigenvalue weighted by Gasteiger charge is 2.24. The molecule has 0 saturated heterocycles. The van der Waals surface area contributed by atoms with Crippen LogP contribution in [0.1, 0.15) is 50.8 Å². The molecule has 1 aliphatic rings. The van der Waals surface area contributed by atoms with Crippen molar-refractivity contribution in [2.24, 2.45) is 0 Å². The first-order valence-corrected chi connectivity index (χ1v) is 7.19. The van der Waals surface area contributed by atoms with Crippen LogP contribution >= 0.6 is 0 Å². The highest BCUT2D eigenvalue weighted by Crippen LogP contribution is 2.40. The van der Waals surface area contributed by atoms with Gasteiger partial charge in [0.1, 0.15) is 5.82 Å². The van der Waals surface area contributed by atoms with Crippen molar-refractivity contribution in [1.29, 1.82) is 0 Å². The van der Waals surface area contributed by atoms with E-state index in [1.54, 1.807) is 0 Å². The first-order valence-electron chi connectivity index (χ1n) is 7.19. The van der Waals surface area contributed by atoms with Gasteiger partial charge in [-0.05, 0) is 30.4 Å². The van der Waals surface area contributed by atoms with Gasteiger partial charge in [0.05, 0.1) is 5.69 Å². The van der Waals surface area contributed by atoms with Crippen molar-refractivity contribution in [3.63, 3.8) is 0 Å². The summed E-state index contributed by atoms with van der Waals surface area (Å²) >= 11 is 0. The van der Waals surface area contributed by atoms with Crippen LogP contribution in [0.15, 0.2) is 30.3 Å². The van der Waals surface area contributed by atoms with E-state index in [2.05, 4.69) is 50.0 Å². The molecule has 0 atom stereocenters. The number of hydrogen-bond donors (Lipinski definition) is 1. The molecule has 3 heteroatoms. The summed E-state index contributed by atoms with van der Waals surface area (Å²) in [6.45, 7) is 6.41. The molecule has 1 fully saturated rings. The number of nitrogen functional groups attached to an aromatic ring is 1. The lowest BCUT2D eigenvalue weighted by atomic mass is 9.91. The van der Waals surface area contributed by atoms with E-state index < -0.39 is 0 Å². The highest BCUT2D eigenvalue weighted by atomic mass is 15.0. The number of rotatable bonds is 2. The minimum absolute atomic E-state index is 0.0279. The molecule has 2 aromatic rings. The summed E-state index contributed by atoms with van der Waals surface area (Å²) in [6.07, 6.45) is 2.60. The zero-order chi connectivity index (χ0) is 14.3. The zero-order valence-corrected chi connectivity index (χ0v) is 12.4. The molecule has 3 nitrogen and oxygen atoms in total. The second-order valence-corrected chi connectivity index (χ2v) is 6.65. The zero-order valence-electron chi connectivity index (χ0n) is 12.4. The third-order valence-corrected chi connectivity index (χ3v) is 3.71. The first kappa shape index (κ1) is 13.1. The highest BCUT2D eigenvalue weighted by molar-refractivity contribution is 5.59. The van der Waals surface area contributed by atoms with Crippen molar-refractivity contribution in [2.75, 3.05) is 5.73 Å². The molecule has 20 heavy (non-hydrogen) atoms. The predicted molar refractivity (Wildman–Crippen MR) is 82.6 cm³/mol. The van der Waals surface area contributed by atoms with E-state index in [1.165, 1.54) is 18.4 Å². The Balaban J connectivity index is 2.05. The van der Waals surface area contributed by atoms with Crippen molar-refractivity contribution in [2.45, 2.75) is 44.9 Å². The molecule has 0 unspecified atom stereocenters. The summed E-state index contributed by atoms with van der Waals surface area (Å²) in [5.41, 5.74) is 9.36. The van der Waals surface area contributed by atoms with Crippen LogP contribution < -0.4 is 5.73 Å². The first-order chi connectivity index (χ1) is 9.43. The molecule has 0 bridgehead atoms. The van der Waals surface area contributed by atoms with Gasteiger partial charge in [-0.3, -0.25) is 0 Å². The Kier molecular flexibility index (Phi) is 3.00. The van der Waals surface area contributed by atoms with E-state index in [1.807, 2.05) is 6.07 Å². The fourth-order valence-electron chi connectivity index (χ4n) is 2.33. The Morgan fingerprint density at radius 2 is 1.85 bits per heavy atom. The van der Waals surface area contributed by atoms with Gasteiger partial charge >= 0.3 is 0 Å². The minimum Gasteiger partial charge on any atom is -0.384 e. The third-order valence-electron chi connectivity index (χ3n) is 3.71. The molecule has 1 aromatic heterocycles. The summed E-state index contributed by atoms with van der Waals surface area (Å²) in [7, 11) is 0. The quantitative estimate of drug-likeness (QED) is 0.897. The SMILES string of the molecule is CC(C)(C)c1cc(N)nc(-c2cccc(C3CC3)c2)n1. The second kappa shape index (κ2) is 4.58. The topological polar surface area (TPSA) is 51.8 Å². The van der Waals surface area contributed by atoms with Gasteiger partial charge in [-0.2, -0.15) is 0 Å². The van der Waals surface area contributed by atoms with Crippen molar-refractivity contribution < 1.29 is 0 Å². The largest absolute Gasteiger partial charge is 0.384 e. The smallest absolute Gasteiger partial charge is 0.161 e. The van der Waals surface area contributed by atoms with Crippen LogP contribution in [-0.4, -0.2) is 9.97 Å². The van der Waals surface area contributed by atoms with Crippen molar-refractivity contribution in [3.8, 4) is 11.4 Å². The lowest BCUT2D eigenvalue weighted by Crippen LogP contribution is -2.15. The van der Waals surface area contributed by atoms with Gasteiger partial charge in [0.25, 0.3) is 0 Å². The molecule has 104 valence electrons. The fourth-order valence-corrected chi connectivity index (χ4v) is 2.33. The summed E-state index contributed by atoms with van der Waals surface area (Å²) in [5.74, 6) is 2.01. The van der Waals surface area contributed by atoms with Gasteiger partial charge in [0.15, 0.2) is 5.82 Å². The molecular weight excluding hydrogens is 246 g/mol.